The molecule has 0 amide bonds. The number of anilines is 1. The van der Waals surface area contributed by atoms with Crippen LogP contribution in [0.3, 0.4) is 0 Å². The summed E-state index contributed by atoms with van der Waals surface area (Å²) in [4.78, 5) is 0. The fraction of sp³-hybridized carbons (Fsp3) is 0.174. The van der Waals surface area contributed by atoms with Crippen LogP contribution >= 0.6 is 0 Å². The van der Waals surface area contributed by atoms with Crippen LogP contribution in [0, 0.1) is 13.8 Å². The fourth-order valence-electron chi connectivity index (χ4n) is 3.30. The lowest BCUT2D eigenvalue weighted by Crippen LogP contribution is -2.18. The molecule has 0 N–H and O–H groups in total. The van der Waals surface area contributed by atoms with Gasteiger partial charge in [0.05, 0.1) is 17.4 Å². The van der Waals surface area contributed by atoms with E-state index in [9.17, 15) is 0 Å². The molecule has 3 aromatic rings. The number of hydrazone groups is 1. The van der Waals surface area contributed by atoms with Crippen LogP contribution in [-0.4, -0.2) is 5.71 Å². The Bertz CT molecular complexity index is 878. The molecule has 0 aliphatic carbocycles. The SMILES string of the molecule is Cc1ccc(C2=NN(c3ccccc3)C(c3ccc(C)cc3)C2)cc1. The van der Waals surface area contributed by atoms with Crippen molar-refractivity contribution in [1.29, 1.82) is 0 Å². The summed E-state index contributed by atoms with van der Waals surface area (Å²) in [6.07, 6.45) is 0.918. The molecule has 3 aromatic carbocycles. The summed E-state index contributed by atoms with van der Waals surface area (Å²) in [6, 6.07) is 28.2. The molecule has 2 nitrogen and oxygen atoms in total. The fourth-order valence-corrected chi connectivity index (χ4v) is 3.30. The first kappa shape index (κ1) is 15.6. The Balaban J connectivity index is 1.73. The lowest BCUT2D eigenvalue weighted by Gasteiger charge is -2.24. The van der Waals surface area contributed by atoms with E-state index in [-0.39, 0.29) is 6.04 Å². The average Bonchev–Trinajstić information content (AvgIpc) is 3.09. The predicted molar refractivity (Wildman–Crippen MR) is 105 cm³/mol. The number of hydrogen-bond acceptors (Lipinski definition) is 2. The molecule has 0 fully saturated rings. The van der Waals surface area contributed by atoms with Crippen LogP contribution in [0.4, 0.5) is 5.69 Å². The molecular formula is C23H22N2. The maximum Gasteiger partial charge on any atom is 0.0831 e. The van der Waals surface area contributed by atoms with Crippen molar-refractivity contribution in [3.8, 4) is 0 Å². The molecule has 0 radical (unpaired) electrons. The third-order valence-corrected chi connectivity index (χ3v) is 4.78. The van der Waals surface area contributed by atoms with Crippen molar-refractivity contribution in [2.45, 2.75) is 26.3 Å². The van der Waals surface area contributed by atoms with Gasteiger partial charge in [0.2, 0.25) is 0 Å². The van der Waals surface area contributed by atoms with Crippen LogP contribution in [0.5, 0.6) is 0 Å². The van der Waals surface area contributed by atoms with Crippen LogP contribution in [-0.2, 0) is 0 Å². The Morgan fingerprint density at radius 3 is 2.00 bits per heavy atom. The molecule has 0 saturated heterocycles. The molecule has 1 unspecified atom stereocenters. The molecule has 0 bridgehead atoms. The first-order chi connectivity index (χ1) is 12.2. The van der Waals surface area contributed by atoms with E-state index in [1.54, 1.807) is 0 Å². The van der Waals surface area contributed by atoms with E-state index in [1.807, 2.05) is 6.07 Å². The maximum atomic E-state index is 4.99. The van der Waals surface area contributed by atoms with Gasteiger partial charge in [-0.05, 0) is 37.1 Å². The van der Waals surface area contributed by atoms with Crippen molar-refractivity contribution in [2.75, 3.05) is 5.01 Å². The van der Waals surface area contributed by atoms with Gasteiger partial charge in [-0.1, -0.05) is 77.9 Å². The van der Waals surface area contributed by atoms with E-state index >= 15 is 0 Å². The Morgan fingerprint density at radius 1 is 0.760 bits per heavy atom. The first-order valence-electron chi connectivity index (χ1n) is 8.76. The molecule has 124 valence electrons. The van der Waals surface area contributed by atoms with Crippen molar-refractivity contribution in [3.63, 3.8) is 0 Å². The third kappa shape index (κ3) is 3.20. The van der Waals surface area contributed by atoms with Gasteiger partial charge in [0.15, 0.2) is 0 Å². The Kier molecular flexibility index (Phi) is 4.10. The molecular weight excluding hydrogens is 304 g/mol. The molecule has 0 spiro atoms. The molecule has 4 rings (SSSR count). The van der Waals surface area contributed by atoms with E-state index < -0.39 is 0 Å². The number of nitrogens with zero attached hydrogens (tertiary/aromatic N) is 2. The van der Waals surface area contributed by atoms with Gasteiger partial charge in [-0.3, -0.25) is 5.01 Å². The highest BCUT2D eigenvalue weighted by Crippen LogP contribution is 2.36. The lowest BCUT2D eigenvalue weighted by atomic mass is 9.97. The molecule has 0 aromatic heterocycles. The normalized spacial score (nSPS) is 16.8. The highest BCUT2D eigenvalue weighted by atomic mass is 15.5. The number of hydrogen-bond donors (Lipinski definition) is 0. The number of rotatable bonds is 3. The first-order valence-corrected chi connectivity index (χ1v) is 8.76. The monoisotopic (exact) mass is 326 g/mol. The Labute approximate surface area is 149 Å². The molecule has 2 heteroatoms. The lowest BCUT2D eigenvalue weighted by molar-refractivity contribution is 0.709. The van der Waals surface area contributed by atoms with Crippen LogP contribution in [0.25, 0.3) is 0 Å². The molecule has 25 heavy (non-hydrogen) atoms. The summed E-state index contributed by atoms with van der Waals surface area (Å²) in [5.41, 5.74) is 7.36. The number of benzene rings is 3. The molecule has 1 aliphatic heterocycles. The van der Waals surface area contributed by atoms with Gasteiger partial charge in [-0.2, -0.15) is 5.10 Å². The van der Waals surface area contributed by atoms with Crippen molar-refractivity contribution in [1.82, 2.24) is 0 Å². The Morgan fingerprint density at radius 2 is 1.36 bits per heavy atom. The third-order valence-electron chi connectivity index (χ3n) is 4.78. The predicted octanol–water partition coefficient (Wildman–Crippen LogP) is 5.66. The van der Waals surface area contributed by atoms with Gasteiger partial charge >= 0.3 is 0 Å². The largest absolute Gasteiger partial charge is 0.257 e. The topological polar surface area (TPSA) is 15.6 Å². The van der Waals surface area contributed by atoms with Crippen molar-refractivity contribution < 1.29 is 0 Å². The van der Waals surface area contributed by atoms with E-state index in [2.05, 4.69) is 91.7 Å². The summed E-state index contributed by atoms with van der Waals surface area (Å²) < 4.78 is 0. The molecule has 1 aliphatic rings. The van der Waals surface area contributed by atoms with Crippen LogP contribution in [0.15, 0.2) is 84.0 Å². The van der Waals surface area contributed by atoms with Crippen LogP contribution in [0.2, 0.25) is 0 Å². The summed E-state index contributed by atoms with van der Waals surface area (Å²) in [5.74, 6) is 0. The summed E-state index contributed by atoms with van der Waals surface area (Å²) in [5, 5.41) is 7.15. The number of aryl methyl sites for hydroxylation is 2. The van der Waals surface area contributed by atoms with E-state index in [1.165, 1.54) is 22.3 Å². The van der Waals surface area contributed by atoms with Crippen molar-refractivity contribution >= 4 is 11.4 Å². The summed E-state index contributed by atoms with van der Waals surface area (Å²) in [6.45, 7) is 4.24. The molecule has 1 atom stereocenters. The second kappa shape index (κ2) is 6.56. The standard InChI is InChI=1S/C23H22N2/c1-17-8-12-19(13-9-17)22-16-23(20-14-10-18(2)11-15-20)25(24-22)21-6-4-3-5-7-21/h3-15,23H,16H2,1-2H3. The Hall–Kier alpha value is -2.87. The second-order valence-electron chi connectivity index (χ2n) is 6.72. The highest BCUT2D eigenvalue weighted by Gasteiger charge is 2.29. The van der Waals surface area contributed by atoms with E-state index in [0.29, 0.717) is 0 Å². The minimum absolute atomic E-state index is 0.235. The number of para-hydroxylation sites is 1. The average molecular weight is 326 g/mol. The zero-order chi connectivity index (χ0) is 17.2. The van der Waals surface area contributed by atoms with E-state index in [0.717, 1.165) is 17.8 Å². The van der Waals surface area contributed by atoms with Gasteiger partial charge in [0, 0.05) is 6.42 Å². The molecule has 1 heterocycles. The zero-order valence-electron chi connectivity index (χ0n) is 14.7. The zero-order valence-corrected chi connectivity index (χ0v) is 14.7. The van der Waals surface area contributed by atoms with Gasteiger partial charge in [0.25, 0.3) is 0 Å². The quantitative estimate of drug-likeness (QED) is 0.606. The van der Waals surface area contributed by atoms with Crippen LogP contribution in [0.1, 0.15) is 34.7 Å². The minimum Gasteiger partial charge on any atom is -0.257 e. The van der Waals surface area contributed by atoms with Crippen molar-refractivity contribution in [3.05, 3.63) is 101 Å². The van der Waals surface area contributed by atoms with Gasteiger partial charge < -0.3 is 0 Å². The van der Waals surface area contributed by atoms with Gasteiger partial charge in [0.1, 0.15) is 0 Å². The van der Waals surface area contributed by atoms with Crippen LogP contribution < -0.4 is 5.01 Å². The summed E-state index contributed by atoms with van der Waals surface area (Å²) in [7, 11) is 0. The second-order valence-corrected chi connectivity index (χ2v) is 6.72. The molecule has 0 saturated carbocycles. The maximum absolute atomic E-state index is 4.99. The summed E-state index contributed by atoms with van der Waals surface area (Å²) >= 11 is 0. The van der Waals surface area contributed by atoms with Gasteiger partial charge in [-0.15, -0.1) is 0 Å². The minimum atomic E-state index is 0.235. The van der Waals surface area contributed by atoms with E-state index in [4.69, 9.17) is 5.10 Å². The highest BCUT2D eigenvalue weighted by molar-refractivity contribution is 6.03. The van der Waals surface area contributed by atoms with Crippen molar-refractivity contribution in [2.24, 2.45) is 5.10 Å². The van der Waals surface area contributed by atoms with Gasteiger partial charge in [-0.25, -0.2) is 0 Å². The smallest absolute Gasteiger partial charge is 0.0831 e.